The molecule has 7 nitrogen and oxygen atoms in total. The van der Waals surface area contributed by atoms with Crippen molar-refractivity contribution in [2.24, 2.45) is 7.05 Å². The van der Waals surface area contributed by atoms with Gasteiger partial charge in [-0.15, -0.1) is 0 Å². The van der Waals surface area contributed by atoms with Crippen LogP contribution >= 0.6 is 0 Å². The molecule has 0 spiro atoms. The van der Waals surface area contributed by atoms with Crippen molar-refractivity contribution in [2.75, 3.05) is 6.54 Å². The Labute approximate surface area is 210 Å². The molecule has 1 aliphatic rings. The van der Waals surface area contributed by atoms with Gasteiger partial charge >= 0.3 is 6.18 Å². The third-order valence-electron chi connectivity index (χ3n) is 6.81. The minimum atomic E-state index is -4.44. The van der Waals surface area contributed by atoms with E-state index in [1.165, 1.54) is 16.4 Å². The molecule has 0 amide bonds. The van der Waals surface area contributed by atoms with Gasteiger partial charge in [0.05, 0.1) is 33.2 Å². The number of rotatable bonds is 4. The maximum Gasteiger partial charge on any atom is 0.416 e. The highest BCUT2D eigenvalue weighted by Crippen LogP contribution is 2.38. The molecule has 3 aromatic heterocycles. The Bertz CT molecular complexity index is 1730. The van der Waals surface area contributed by atoms with E-state index >= 15 is 0 Å². The first-order valence-electron chi connectivity index (χ1n) is 11.7. The van der Waals surface area contributed by atoms with Gasteiger partial charge in [0.1, 0.15) is 5.52 Å². The maximum atomic E-state index is 13.8. The molecule has 0 N–H and O–H groups in total. The first-order valence-corrected chi connectivity index (χ1v) is 13.2. The summed E-state index contributed by atoms with van der Waals surface area (Å²) < 4.78 is 71.8. The Balaban J connectivity index is 1.47. The zero-order valence-electron chi connectivity index (χ0n) is 19.7. The van der Waals surface area contributed by atoms with Crippen molar-refractivity contribution < 1.29 is 21.6 Å². The molecule has 0 aliphatic carbocycles. The lowest BCUT2D eigenvalue weighted by Gasteiger charge is -2.23. The van der Waals surface area contributed by atoms with Crippen LogP contribution in [0.15, 0.2) is 78.0 Å². The Hall–Kier alpha value is -3.70. The zero-order chi connectivity index (χ0) is 25.9. The lowest BCUT2D eigenvalue weighted by atomic mass is 10.1. The van der Waals surface area contributed by atoms with E-state index in [-0.39, 0.29) is 10.9 Å². The number of fused-ring (bicyclic) bond motifs is 3. The number of benzene rings is 2. The number of sulfonamides is 1. The normalized spacial score (nSPS) is 17.2. The lowest BCUT2D eigenvalue weighted by molar-refractivity contribution is -0.137. The van der Waals surface area contributed by atoms with Crippen LogP contribution in [0.2, 0.25) is 0 Å². The van der Waals surface area contributed by atoms with Crippen molar-refractivity contribution >= 4 is 32.0 Å². The van der Waals surface area contributed by atoms with Crippen LogP contribution in [0.3, 0.4) is 0 Å². The molecule has 0 bridgehead atoms. The second kappa shape index (κ2) is 8.42. The van der Waals surface area contributed by atoms with Gasteiger partial charge in [-0.1, -0.05) is 6.07 Å². The van der Waals surface area contributed by atoms with E-state index in [2.05, 4.69) is 10.1 Å². The van der Waals surface area contributed by atoms with Crippen LogP contribution < -0.4 is 0 Å². The van der Waals surface area contributed by atoms with E-state index in [1.54, 1.807) is 53.0 Å². The molecule has 1 saturated heterocycles. The second-order valence-electron chi connectivity index (χ2n) is 9.12. The highest BCUT2D eigenvalue weighted by atomic mass is 32.2. The minimum absolute atomic E-state index is 0.139. The fourth-order valence-corrected chi connectivity index (χ4v) is 6.83. The van der Waals surface area contributed by atoms with Crippen LogP contribution in [-0.2, 0) is 23.2 Å². The number of hydrogen-bond acceptors (Lipinski definition) is 4. The number of pyridine rings is 1. The topological polar surface area (TPSA) is 73.0 Å². The molecule has 0 unspecified atom stereocenters. The van der Waals surface area contributed by atoms with Gasteiger partial charge in [-0.2, -0.15) is 22.6 Å². The van der Waals surface area contributed by atoms with Gasteiger partial charge in [0, 0.05) is 37.1 Å². The Morgan fingerprint density at radius 2 is 1.78 bits per heavy atom. The first kappa shape index (κ1) is 23.7. The number of nitrogens with zero attached hydrogens (tertiary/aromatic N) is 5. The van der Waals surface area contributed by atoms with Crippen LogP contribution in [0.5, 0.6) is 0 Å². The van der Waals surface area contributed by atoms with Crippen LogP contribution in [0.4, 0.5) is 13.2 Å². The summed E-state index contributed by atoms with van der Waals surface area (Å²) in [6, 6.07) is 14.9. The van der Waals surface area contributed by atoms with Crippen molar-refractivity contribution in [3.8, 4) is 5.69 Å². The third-order valence-corrected chi connectivity index (χ3v) is 8.71. The summed E-state index contributed by atoms with van der Waals surface area (Å²) in [5, 5.41) is 5.13. The molecule has 0 radical (unpaired) electrons. The van der Waals surface area contributed by atoms with Gasteiger partial charge in [-0.05, 0) is 67.4 Å². The molecular formula is C26H22F3N5O2S. The molecule has 37 heavy (non-hydrogen) atoms. The van der Waals surface area contributed by atoms with Crippen molar-refractivity contribution in [1.82, 2.24) is 23.6 Å². The summed E-state index contributed by atoms with van der Waals surface area (Å²) >= 11 is 0. The molecule has 1 atom stereocenters. The van der Waals surface area contributed by atoms with Crippen LogP contribution in [0, 0.1) is 0 Å². The predicted molar refractivity (Wildman–Crippen MR) is 133 cm³/mol. The number of halogens is 3. The molecule has 1 aliphatic heterocycles. The molecule has 0 saturated carbocycles. The van der Waals surface area contributed by atoms with E-state index in [1.807, 2.05) is 12.1 Å². The van der Waals surface area contributed by atoms with Crippen molar-refractivity contribution in [3.63, 3.8) is 0 Å². The first-order chi connectivity index (χ1) is 17.6. The highest BCUT2D eigenvalue weighted by molar-refractivity contribution is 7.89. The van der Waals surface area contributed by atoms with Crippen molar-refractivity contribution in [1.29, 1.82) is 0 Å². The molecule has 4 heterocycles. The van der Waals surface area contributed by atoms with Gasteiger partial charge in [0.15, 0.2) is 0 Å². The van der Waals surface area contributed by atoms with Gasteiger partial charge < -0.3 is 4.57 Å². The SMILES string of the molecule is Cn1cc2c(n1)c1cc(S(=O)(=O)N3CCC[C@@H]3c3ccccn3)ccc1n2-c1ccc(C(F)(F)F)cc1. The van der Waals surface area contributed by atoms with Gasteiger partial charge in [0.25, 0.3) is 0 Å². The fourth-order valence-electron chi connectivity index (χ4n) is 5.13. The lowest BCUT2D eigenvalue weighted by Crippen LogP contribution is -2.31. The van der Waals surface area contributed by atoms with Gasteiger partial charge in [-0.3, -0.25) is 9.67 Å². The van der Waals surface area contributed by atoms with Crippen molar-refractivity contribution in [2.45, 2.75) is 30.0 Å². The summed E-state index contributed by atoms with van der Waals surface area (Å²) in [7, 11) is -2.10. The molecule has 1 fully saturated rings. The monoisotopic (exact) mass is 525 g/mol. The summed E-state index contributed by atoms with van der Waals surface area (Å²) in [6.07, 6.45) is 0.405. The van der Waals surface area contributed by atoms with Crippen LogP contribution in [-0.4, -0.2) is 38.6 Å². The van der Waals surface area contributed by atoms with Gasteiger partial charge in [0.2, 0.25) is 10.0 Å². The average molecular weight is 526 g/mol. The Morgan fingerprint density at radius 3 is 2.49 bits per heavy atom. The highest BCUT2D eigenvalue weighted by Gasteiger charge is 2.37. The quantitative estimate of drug-likeness (QED) is 0.313. The molecule has 11 heteroatoms. The standard InChI is InChI=1S/C26H22F3N5O2S/c1-32-16-24-25(31-32)20-15-19(37(35,36)33-14-4-6-23(33)21-5-2-3-13-30-21)11-12-22(20)34(24)18-9-7-17(8-10-18)26(27,28)29/h2-3,5,7-13,15-16,23H,4,6,14H2,1H3/t23-/m1/s1. The van der Waals surface area contributed by atoms with E-state index in [0.29, 0.717) is 46.3 Å². The van der Waals surface area contributed by atoms with Gasteiger partial charge in [-0.25, -0.2) is 8.42 Å². The maximum absolute atomic E-state index is 13.8. The third kappa shape index (κ3) is 3.89. The average Bonchev–Trinajstić information content (AvgIpc) is 3.58. The summed E-state index contributed by atoms with van der Waals surface area (Å²) in [5.41, 5.74) is 2.38. The number of aromatic nitrogens is 4. The summed E-state index contributed by atoms with van der Waals surface area (Å²) in [4.78, 5) is 4.52. The number of hydrogen-bond donors (Lipinski definition) is 0. The Kier molecular flexibility index (Phi) is 5.39. The van der Waals surface area contributed by atoms with Crippen LogP contribution in [0.25, 0.3) is 27.6 Å². The van der Waals surface area contributed by atoms with Crippen molar-refractivity contribution in [3.05, 3.63) is 84.3 Å². The largest absolute Gasteiger partial charge is 0.416 e. The smallest absolute Gasteiger partial charge is 0.306 e. The van der Waals surface area contributed by atoms with E-state index in [0.717, 1.165) is 18.6 Å². The second-order valence-corrected chi connectivity index (χ2v) is 11.0. The van der Waals surface area contributed by atoms with E-state index < -0.39 is 21.8 Å². The van der Waals surface area contributed by atoms with E-state index in [9.17, 15) is 21.6 Å². The zero-order valence-corrected chi connectivity index (χ0v) is 20.5. The molecule has 5 aromatic rings. The summed E-state index contributed by atoms with van der Waals surface area (Å²) in [6.45, 7) is 0.396. The Morgan fingerprint density at radius 1 is 1.00 bits per heavy atom. The minimum Gasteiger partial charge on any atom is -0.306 e. The number of alkyl halides is 3. The van der Waals surface area contributed by atoms with Crippen LogP contribution in [0.1, 0.15) is 30.1 Å². The fraction of sp³-hybridized carbons (Fsp3) is 0.231. The predicted octanol–water partition coefficient (Wildman–Crippen LogP) is 5.46. The molecule has 6 rings (SSSR count). The molecule has 2 aromatic carbocycles. The van der Waals surface area contributed by atoms with E-state index in [4.69, 9.17) is 0 Å². The summed E-state index contributed by atoms with van der Waals surface area (Å²) in [5.74, 6) is 0. The molecular weight excluding hydrogens is 503 g/mol. The molecule has 190 valence electrons. The number of aryl methyl sites for hydroxylation is 1.